The van der Waals surface area contributed by atoms with Crippen LogP contribution >= 0.6 is 0 Å². The van der Waals surface area contributed by atoms with Gasteiger partial charge in [0.1, 0.15) is 0 Å². The lowest BCUT2D eigenvalue weighted by Crippen LogP contribution is -2.32. The molecule has 1 unspecified atom stereocenters. The van der Waals surface area contributed by atoms with E-state index in [0.29, 0.717) is 0 Å². The molecule has 0 aromatic heterocycles. The van der Waals surface area contributed by atoms with E-state index in [1.54, 1.807) is 0 Å². The molecule has 1 aliphatic heterocycles. The highest BCUT2D eigenvalue weighted by Gasteiger charge is 2.20. The van der Waals surface area contributed by atoms with Gasteiger partial charge in [-0.3, -0.25) is 0 Å². The van der Waals surface area contributed by atoms with Crippen LogP contribution in [0.15, 0.2) is 0 Å². The second-order valence-corrected chi connectivity index (χ2v) is 5.09. The highest BCUT2D eigenvalue weighted by Crippen LogP contribution is 2.25. The van der Waals surface area contributed by atoms with E-state index in [4.69, 9.17) is 0 Å². The highest BCUT2D eigenvalue weighted by atomic mass is 15.2. The van der Waals surface area contributed by atoms with Crippen LogP contribution < -0.4 is 5.32 Å². The van der Waals surface area contributed by atoms with Gasteiger partial charge in [0.15, 0.2) is 0 Å². The second kappa shape index (κ2) is 5.13. The van der Waals surface area contributed by atoms with Crippen LogP contribution in [0, 0.1) is 5.92 Å². The SMILES string of the molecule is CC1CCN(CC2CCCC2)CCN1. The molecule has 0 radical (unpaired) electrons. The molecule has 2 aliphatic rings. The lowest BCUT2D eigenvalue weighted by molar-refractivity contribution is 0.244. The van der Waals surface area contributed by atoms with E-state index >= 15 is 0 Å². The van der Waals surface area contributed by atoms with Gasteiger partial charge in [0, 0.05) is 25.7 Å². The molecular weight excluding hydrogens is 172 g/mol. The van der Waals surface area contributed by atoms with Crippen molar-refractivity contribution in [2.45, 2.75) is 45.1 Å². The molecule has 0 aromatic rings. The van der Waals surface area contributed by atoms with Gasteiger partial charge in [-0.2, -0.15) is 0 Å². The van der Waals surface area contributed by atoms with E-state index in [2.05, 4.69) is 17.1 Å². The first-order valence-corrected chi connectivity index (χ1v) is 6.30. The highest BCUT2D eigenvalue weighted by molar-refractivity contribution is 4.76. The lowest BCUT2D eigenvalue weighted by Gasteiger charge is -2.23. The summed E-state index contributed by atoms with van der Waals surface area (Å²) in [7, 11) is 0. The number of nitrogens with zero attached hydrogens (tertiary/aromatic N) is 1. The normalized spacial score (nSPS) is 31.9. The largest absolute Gasteiger partial charge is 0.313 e. The van der Waals surface area contributed by atoms with Gasteiger partial charge in [0.25, 0.3) is 0 Å². The topological polar surface area (TPSA) is 15.3 Å². The Morgan fingerprint density at radius 3 is 2.71 bits per heavy atom. The Hall–Kier alpha value is -0.0800. The van der Waals surface area contributed by atoms with Gasteiger partial charge < -0.3 is 10.2 Å². The molecule has 2 nitrogen and oxygen atoms in total. The fourth-order valence-corrected chi connectivity index (χ4v) is 2.80. The van der Waals surface area contributed by atoms with Crippen molar-refractivity contribution in [1.29, 1.82) is 0 Å². The minimum Gasteiger partial charge on any atom is -0.313 e. The third-order valence-corrected chi connectivity index (χ3v) is 3.79. The molecule has 1 saturated carbocycles. The van der Waals surface area contributed by atoms with Crippen molar-refractivity contribution in [2.75, 3.05) is 26.2 Å². The second-order valence-electron chi connectivity index (χ2n) is 5.09. The smallest absolute Gasteiger partial charge is 0.0107 e. The minimum atomic E-state index is 0.726. The van der Waals surface area contributed by atoms with E-state index < -0.39 is 0 Å². The molecular formula is C12H24N2. The zero-order chi connectivity index (χ0) is 9.80. The van der Waals surface area contributed by atoms with Gasteiger partial charge in [-0.05, 0) is 38.6 Å². The first kappa shape index (κ1) is 10.4. The molecule has 14 heavy (non-hydrogen) atoms. The van der Waals surface area contributed by atoms with Crippen molar-refractivity contribution in [3.63, 3.8) is 0 Å². The third-order valence-electron chi connectivity index (χ3n) is 3.79. The first-order chi connectivity index (χ1) is 6.84. The third kappa shape index (κ3) is 2.96. The molecule has 1 saturated heterocycles. The Kier molecular flexibility index (Phi) is 3.82. The van der Waals surface area contributed by atoms with Crippen LogP contribution in [-0.2, 0) is 0 Å². The Morgan fingerprint density at radius 2 is 1.93 bits per heavy atom. The molecule has 1 aliphatic carbocycles. The van der Waals surface area contributed by atoms with E-state index in [0.717, 1.165) is 12.0 Å². The minimum absolute atomic E-state index is 0.726. The summed E-state index contributed by atoms with van der Waals surface area (Å²) < 4.78 is 0. The molecule has 82 valence electrons. The van der Waals surface area contributed by atoms with E-state index in [-0.39, 0.29) is 0 Å². The summed E-state index contributed by atoms with van der Waals surface area (Å²) in [6.07, 6.45) is 7.26. The van der Waals surface area contributed by atoms with Gasteiger partial charge in [-0.25, -0.2) is 0 Å². The Balaban J connectivity index is 1.73. The number of nitrogens with one attached hydrogen (secondary N) is 1. The summed E-state index contributed by atoms with van der Waals surface area (Å²) in [5.41, 5.74) is 0. The molecule has 2 rings (SSSR count). The Labute approximate surface area is 88.1 Å². The zero-order valence-electron chi connectivity index (χ0n) is 9.47. The summed E-state index contributed by atoms with van der Waals surface area (Å²) in [5.74, 6) is 1.02. The van der Waals surface area contributed by atoms with Crippen molar-refractivity contribution in [2.24, 2.45) is 5.92 Å². The van der Waals surface area contributed by atoms with Crippen molar-refractivity contribution >= 4 is 0 Å². The molecule has 0 amide bonds. The molecule has 1 atom stereocenters. The zero-order valence-corrected chi connectivity index (χ0v) is 9.47. The lowest BCUT2D eigenvalue weighted by atomic mass is 10.1. The van der Waals surface area contributed by atoms with Crippen molar-refractivity contribution < 1.29 is 0 Å². The summed E-state index contributed by atoms with van der Waals surface area (Å²) in [6, 6.07) is 0.726. The van der Waals surface area contributed by atoms with Gasteiger partial charge in [0.2, 0.25) is 0 Å². The van der Waals surface area contributed by atoms with Crippen LogP contribution in [0.25, 0.3) is 0 Å². The molecule has 1 N–H and O–H groups in total. The quantitative estimate of drug-likeness (QED) is 0.725. The van der Waals surface area contributed by atoms with E-state index in [1.807, 2.05) is 0 Å². The van der Waals surface area contributed by atoms with E-state index in [1.165, 1.54) is 58.3 Å². The van der Waals surface area contributed by atoms with Gasteiger partial charge in [-0.1, -0.05) is 12.8 Å². The van der Waals surface area contributed by atoms with Gasteiger partial charge in [0.05, 0.1) is 0 Å². The predicted molar refractivity (Wildman–Crippen MR) is 60.5 cm³/mol. The average Bonchev–Trinajstić information content (AvgIpc) is 2.58. The van der Waals surface area contributed by atoms with Crippen molar-refractivity contribution in [3.8, 4) is 0 Å². The maximum absolute atomic E-state index is 3.56. The van der Waals surface area contributed by atoms with Crippen LogP contribution in [0.2, 0.25) is 0 Å². The summed E-state index contributed by atoms with van der Waals surface area (Å²) in [4.78, 5) is 2.67. The van der Waals surface area contributed by atoms with E-state index in [9.17, 15) is 0 Å². The van der Waals surface area contributed by atoms with Gasteiger partial charge in [-0.15, -0.1) is 0 Å². The maximum Gasteiger partial charge on any atom is 0.0107 e. The molecule has 2 heteroatoms. The van der Waals surface area contributed by atoms with Crippen LogP contribution in [0.1, 0.15) is 39.0 Å². The van der Waals surface area contributed by atoms with Crippen molar-refractivity contribution in [3.05, 3.63) is 0 Å². The Bertz CT molecular complexity index is 164. The standard InChI is InChI=1S/C12H24N2/c1-11-6-8-14(9-7-13-11)10-12-4-2-3-5-12/h11-13H,2-10H2,1H3. The number of hydrogen-bond acceptors (Lipinski definition) is 2. The molecule has 1 heterocycles. The van der Waals surface area contributed by atoms with Crippen LogP contribution in [-0.4, -0.2) is 37.1 Å². The summed E-state index contributed by atoms with van der Waals surface area (Å²) in [5, 5.41) is 3.56. The molecule has 0 aromatic carbocycles. The molecule has 2 fully saturated rings. The fourth-order valence-electron chi connectivity index (χ4n) is 2.80. The van der Waals surface area contributed by atoms with Crippen LogP contribution in [0.3, 0.4) is 0 Å². The Morgan fingerprint density at radius 1 is 1.14 bits per heavy atom. The van der Waals surface area contributed by atoms with Crippen molar-refractivity contribution in [1.82, 2.24) is 10.2 Å². The fraction of sp³-hybridized carbons (Fsp3) is 1.00. The van der Waals surface area contributed by atoms with Gasteiger partial charge >= 0.3 is 0 Å². The maximum atomic E-state index is 3.56. The molecule has 0 spiro atoms. The average molecular weight is 196 g/mol. The number of rotatable bonds is 2. The first-order valence-electron chi connectivity index (χ1n) is 6.30. The summed E-state index contributed by atoms with van der Waals surface area (Å²) in [6.45, 7) is 7.44. The predicted octanol–water partition coefficient (Wildman–Crippen LogP) is 1.86. The number of hydrogen-bond donors (Lipinski definition) is 1. The summed E-state index contributed by atoms with van der Waals surface area (Å²) >= 11 is 0. The monoisotopic (exact) mass is 196 g/mol. The molecule has 0 bridgehead atoms. The van der Waals surface area contributed by atoms with Crippen LogP contribution in [0.4, 0.5) is 0 Å². The van der Waals surface area contributed by atoms with Crippen LogP contribution in [0.5, 0.6) is 0 Å².